The fraction of sp³-hybridized carbons (Fsp3) is 1.00. The van der Waals surface area contributed by atoms with E-state index in [1.807, 2.05) is 4.42 Å². The lowest BCUT2D eigenvalue weighted by Crippen LogP contribution is -2.15. The van der Waals surface area contributed by atoms with Gasteiger partial charge < -0.3 is 0 Å². The van der Waals surface area contributed by atoms with Crippen molar-refractivity contribution in [1.82, 2.24) is 4.42 Å². The van der Waals surface area contributed by atoms with Crippen LogP contribution >= 0.6 is 11.8 Å². The Morgan fingerprint density at radius 2 is 2.22 bits per heavy atom. The monoisotopic (exact) mass is 147 g/mol. The van der Waals surface area contributed by atoms with E-state index in [9.17, 15) is 0 Å². The van der Waals surface area contributed by atoms with Crippen molar-refractivity contribution in [3.05, 3.63) is 0 Å². The van der Waals surface area contributed by atoms with Crippen LogP contribution in [0.2, 0.25) is 0 Å². The molecule has 1 rings (SSSR count). The Labute approximate surface area is 62.1 Å². The summed E-state index contributed by atoms with van der Waals surface area (Å²) in [6, 6.07) is 0. The molecule has 0 aromatic carbocycles. The molecule has 0 saturated heterocycles. The maximum Gasteiger partial charge on any atom is 0.0167 e. The van der Waals surface area contributed by atoms with E-state index < -0.39 is 0 Å². The molecular formula is C7H14ClN. The zero-order chi connectivity index (χ0) is 6.69. The lowest BCUT2D eigenvalue weighted by atomic mass is 10.4. The minimum absolute atomic E-state index is 0.925. The molecule has 0 N–H and O–H groups in total. The highest BCUT2D eigenvalue weighted by atomic mass is 35.5. The van der Waals surface area contributed by atoms with Crippen LogP contribution in [-0.4, -0.2) is 17.5 Å². The summed E-state index contributed by atoms with van der Waals surface area (Å²) in [6.07, 6.45) is 3.95. The van der Waals surface area contributed by atoms with E-state index in [0.717, 1.165) is 25.4 Å². The molecule has 0 bridgehead atoms. The topological polar surface area (TPSA) is 3.24 Å². The van der Waals surface area contributed by atoms with Gasteiger partial charge in [-0.1, -0.05) is 6.92 Å². The number of nitrogens with zero attached hydrogens (tertiary/aromatic N) is 1. The Morgan fingerprint density at radius 1 is 1.56 bits per heavy atom. The van der Waals surface area contributed by atoms with E-state index in [0.29, 0.717) is 0 Å². The number of rotatable bonds is 4. The molecular weight excluding hydrogens is 134 g/mol. The normalized spacial score (nSPS) is 19.0. The van der Waals surface area contributed by atoms with Crippen LogP contribution in [0.4, 0.5) is 0 Å². The van der Waals surface area contributed by atoms with Crippen LogP contribution in [-0.2, 0) is 0 Å². The second kappa shape index (κ2) is 3.43. The maximum absolute atomic E-state index is 5.85. The first-order valence-corrected chi connectivity index (χ1v) is 4.07. The van der Waals surface area contributed by atoms with Gasteiger partial charge in [0.05, 0.1) is 0 Å². The molecule has 1 saturated carbocycles. The van der Waals surface area contributed by atoms with Gasteiger partial charge in [0, 0.05) is 13.1 Å². The summed E-state index contributed by atoms with van der Waals surface area (Å²) in [7, 11) is 0. The van der Waals surface area contributed by atoms with Crippen LogP contribution in [0.3, 0.4) is 0 Å². The van der Waals surface area contributed by atoms with Gasteiger partial charge in [0.2, 0.25) is 0 Å². The highest BCUT2D eigenvalue weighted by Gasteiger charge is 2.22. The summed E-state index contributed by atoms with van der Waals surface area (Å²) in [5.74, 6) is 0.925. The maximum atomic E-state index is 5.85. The van der Waals surface area contributed by atoms with Gasteiger partial charge in [0.15, 0.2) is 0 Å². The molecule has 0 atom stereocenters. The van der Waals surface area contributed by atoms with Gasteiger partial charge in [0.25, 0.3) is 0 Å². The smallest absolute Gasteiger partial charge is 0.0167 e. The third-order valence-corrected chi connectivity index (χ3v) is 1.93. The molecule has 1 fully saturated rings. The highest BCUT2D eigenvalue weighted by Crippen LogP contribution is 2.30. The molecule has 0 aliphatic heterocycles. The lowest BCUT2D eigenvalue weighted by Gasteiger charge is -2.09. The fourth-order valence-corrected chi connectivity index (χ4v) is 1.28. The number of hydrogen-bond acceptors (Lipinski definition) is 1. The third kappa shape index (κ3) is 3.07. The molecule has 0 heterocycles. The van der Waals surface area contributed by atoms with Crippen molar-refractivity contribution in [1.29, 1.82) is 0 Å². The fourth-order valence-electron chi connectivity index (χ4n) is 0.915. The van der Waals surface area contributed by atoms with Gasteiger partial charge in [-0.25, -0.2) is 4.42 Å². The van der Waals surface area contributed by atoms with Gasteiger partial charge in [-0.2, -0.15) is 0 Å². The standard InChI is InChI=1S/C7H14ClN/c1-2-5-9(8)6-7-3-4-7/h7H,2-6H2,1H3. The molecule has 9 heavy (non-hydrogen) atoms. The van der Waals surface area contributed by atoms with Crippen molar-refractivity contribution < 1.29 is 0 Å². The Balaban J connectivity index is 1.95. The Kier molecular flexibility index (Phi) is 2.80. The van der Waals surface area contributed by atoms with Crippen LogP contribution in [0.5, 0.6) is 0 Å². The summed E-state index contributed by atoms with van der Waals surface area (Å²) in [6.45, 7) is 4.30. The number of halogens is 1. The average Bonchev–Trinajstić information content (AvgIpc) is 2.50. The zero-order valence-corrected chi connectivity index (χ0v) is 6.69. The summed E-state index contributed by atoms with van der Waals surface area (Å²) >= 11 is 5.85. The first-order valence-electron chi connectivity index (χ1n) is 3.73. The molecule has 0 aromatic rings. The molecule has 54 valence electrons. The van der Waals surface area contributed by atoms with Crippen LogP contribution < -0.4 is 0 Å². The van der Waals surface area contributed by atoms with Gasteiger partial charge in [-0.3, -0.25) is 0 Å². The second-order valence-electron chi connectivity index (χ2n) is 2.81. The van der Waals surface area contributed by atoms with Gasteiger partial charge >= 0.3 is 0 Å². The summed E-state index contributed by atoms with van der Waals surface area (Å²) in [5.41, 5.74) is 0. The largest absolute Gasteiger partial charge is 0.220 e. The van der Waals surface area contributed by atoms with Crippen LogP contribution in [0, 0.1) is 5.92 Å². The quantitative estimate of drug-likeness (QED) is 0.552. The second-order valence-corrected chi connectivity index (χ2v) is 3.29. The molecule has 0 radical (unpaired) electrons. The molecule has 0 amide bonds. The van der Waals surface area contributed by atoms with Crippen molar-refractivity contribution in [3.8, 4) is 0 Å². The van der Waals surface area contributed by atoms with E-state index in [2.05, 4.69) is 6.92 Å². The molecule has 1 aliphatic carbocycles. The Morgan fingerprint density at radius 3 is 2.67 bits per heavy atom. The van der Waals surface area contributed by atoms with Gasteiger partial charge in [-0.15, -0.1) is 0 Å². The molecule has 1 nitrogen and oxygen atoms in total. The van der Waals surface area contributed by atoms with Crippen molar-refractivity contribution >= 4 is 11.8 Å². The van der Waals surface area contributed by atoms with Crippen LogP contribution in [0.15, 0.2) is 0 Å². The number of hydrogen-bond donors (Lipinski definition) is 0. The van der Waals surface area contributed by atoms with Crippen LogP contribution in [0.1, 0.15) is 26.2 Å². The van der Waals surface area contributed by atoms with E-state index in [-0.39, 0.29) is 0 Å². The zero-order valence-electron chi connectivity index (χ0n) is 5.94. The van der Waals surface area contributed by atoms with E-state index in [1.54, 1.807) is 0 Å². The summed E-state index contributed by atoms with van der Waals surface area (Å²) in [5, 5.41) is 0. The highest BCUT2D eigenvalue weighted by molar-refractivity contribution is 6.13. The molecule has 0 spiro atoms. The van der Waals surface area contributed by atoms with Crippen molar-refractivity contribution in [3.63, 3.8) is 0 Å². The molecule has 1 aliphatic rings. The molecule has 0 unspecified atom stereocenters. The predicted octanol–water partition coefficient (Wildman–Crippen LogP) is 2.26. The van der Waals surface area contributed by atoms with Gasteiger partial charge in [-0.05, 0) is 37.0 Å². The third-order valence-electron chi connectivity index (χ3n) is 1.62. The molecule has 0 aromatic heterocycles. The SMILES string of the molecule is CCCN(Cl)CC1CC1. The molecule has 2 heteroatoms. The van der Waals surface area contributed by atoms with Crippen molar-refractivity contribution in [2.24, 2.45) is 5.92 Å². The van der Waals surface area contributed by atoms with E-state index in [4.69, 9.17) is 11.8 Å². The van der Waals surface area contributed by atoms with Crippen molar-refractivity contribution in [2.75, 3.05) is 13.1 Å². The van der Waals surface area contributed by atoms with Crippen molar-refractivity contribution in [2.45, 2.75) is 26.2 Å². The first-order chi connectivity index (χ1) is 4.33. The predicted molar refractivity (Wildman–Crippen MR) is 40.4 cm³/mol. The lowest BCUT2D eigenvalue weighted by molar-refractivity contribution is 0.432. The van der Waals surface area contributed by atoms with E-state index in [1.165, 1.54) is 12.8 Å². The minimum atomic E-state index is 0.925. The summed E-state index contributed by atoms with van der Waals surface area (Å²) in [4.78, 5) is 0. The minimum Gasteiger partial charge on any atom is -0.220 e. The average molecular weight is 148 g/mol. The van der Waals surface area contributed by atoms with E-state index >= 15 is 0 Å². The Hall–Kier alpha value is 0.250. The Bertz CT molecular complexity index is 81.0. The summed E-state index contributed by atoms with van der Waals surface area (Å²) < 4.78 is 1.91. The first kappa shape index (κ1) is 7.36. The van der Waals surface area contributed by atoms with Gasteiger partial charge in [0.1, 0.15) is 0 Å². The van der Waals surface area contributed by atoms with Crippen LogP contribution in [0.25, 0.3) is 0 Å².